The summed E-state index contributed by atoms with van der Waals surface area (Å²) in [5, 5.41) is 13.4. The zero-order valence-electron chi connectivity index (χ0n) is 16.6. The lowest BCUT2D eigenvalue weighted by Gasteiger charge is -2.13. The molecule has 0 aliphatic carbocycles. The number of nitro benzene ring substituents is 1. The summed E-state index contributed by atoms with van der Waals surface area (Å²) in [5.74, 6) is 2.10. The van der Waals surface area contributed by atoms with Gasteiger partial charge in [-0.05, 0) is 30.7 Å². The van der Waals surface area contributed by atoms with E-state index >= 15 is 0 Å². The Morgan fingerprint density at radius 2 is 1.80 bits per heavy atom. The lowest BCUT2D eigenvalue weighted by molar-refractivity contribution is -0.384. The molecule has 0 aliphatic heterocycles. The van der Waals surface area contributed by atoms with E-state index in [2.05, 4.69) is 16.8 Å². The number of nitro groups is 1. The molecule has 1 amide bonds. The third kappa shape index (κ3) is 6.08. The van der Waals surface area contributed by atoms with E-state index in [4.69, 9.17) is 11.6 Å². The van der Waals surface area contributed by atoms with Crippen molar-refractivity contribution >= 4 is 37.0 Å². The van der Waals surface area contributed by atoms with Gasteiger partial charge in [0.15, 0.2) is 0 Å². The van der Waals surface area contributed by atoms with Gasteiger partial charge >= 0.3 is 6.18 Å². The van der Waals surface area contributed by atoms with Gasteiger partial charge in [0, 0.05) is 28.4 Å². The molecule has 0 fully saturated rings. The van der Waals surface area contributed by atoms with Crippen molar-refractivity contribution < 1.29 is 22.9 Å². The molecule has 2 aromatic carbocycles. The van der Waals surface area contributed by atoms with Gasteiger partial charge in [0.2, 0.25) is 0 Å². The summed E-state index contributed by atoms with van der Waals surface area (Å²) in [4.78, 5) is 23.4. The molecule has 0 radical (unpaired) electrons. The number of amides is 1. The first-order valence-corrected chi connectivity index (χ1v) is 12.6. The first-order valence-electron chi connectivity index (χ1n) is 8.69. The number of rotatable bonds is 3. The van der Waals surface area contributed by atoms with Gasteiger partial charge in [-0.3, -0.25) is 14.9 Å². The van der Waals surface area contributed by atoms with Crippen LogP contribution >= 0.6 is 11.6 Å². The minimum atomic E-state index is -4.65. The molecule has 0 saturated heterocycles. The minimum Gasteiger partial charge on any atom is -0.322 e. The Balaban J connectivity index is 2.52. The first-order chi connectivity index (χ1) is 13.7. The highest BCUT2D eigenvalue weighted by molar-refractivity contribution is 6.83. The number of anilines is 1. The topological polar surface area (TPSA) is 72.2 Å². The van der Waals surface area contributed by atoms with Crippen LogP contribution < -0.4 is 5.32 Å². The van der Waals surface area contributed by atoms with Crippen LogP contribution in [0.1, 0.15) is 27.0 Å². The number of alkyl halides is 3. The molecule has 1 N–H and O–H groups in total. The van der Waals surface area contributed by atoms with Crippen LogP contribution in [0.5, 0.6) is 0 Å². The average Bonchev–Trinajstić information content (AvgIpc) is 2.58. The smallest absolute Gasteiger partial charge is 0.322 e. The molecule has 2 rings (SSSR count). The average molecular weight is 455 g/mol. The standard InChI is InChI=1S/C20H18ClF3N2O3Si/c1-12-13(5-6-30(2,3)4)7-17(26(28)29)11-18(12)19(27)25-16-9-14(20(22,23)24)8-15(21)10-16/h7-11H,1-4H3,(H,25,27). The Morgan fingerprint density at radius 1 is 1.17 bits per heavy atom. The third-order valence-electron chi connectivity index (χ3n) is 3.90. The highest BCUT2D eigenvalue weighted by atomic mass is 35.5. The second-order valence-electron chi connectivity index (χ2n) is 7.60. The zero-order valence-corrected chi connectivity index (χ0v) is 18.3. The molecular weight excluding hydrogens is 437 g/mol. The number of benzene rings is 2. The number of halogens is 4. The van der Waals surface area contributed by atoms with Crippen molar-refractivity contribution in [2.45, 2.75) is 32.7 Å². The number of nitrogens with one attached hydrogen (secondary N) is 1. The van der Waals surface area contributed by atoms with E-state index in [1.165, 1.54) is 6.07 Å². The van der Waals surface area contributed by atoms with Gasteiger partial charge in [-0.1, -0.05) is 37.2 Å². The molecule has 0 aliphatic rings. The fourth-order valence-electron chi connectivity index (χ4n) is 2.45. The molecule has 0 unspecified atom stereocenters. The van der Waals surface area contributed by atoms with Crippen LogP contribution in [0.2, 0.25) is 24.7 Å². The third-order valence-corrected chi connectivity index (χ3v) is 5.00. The van der Waals surface area contributed by atoms with Crippen molar-refractivity contribution in [1.82, 2.24) is 0 Å². The van der Waals surface area contributed by atoms with Crippen LogP contribution in [-0.2, 0) is 6.18 Å². The number of hydrogen-bond acceptors (Lipinski definition) is 3. The Kier molecular flexibility index (Phi) is 6.64. The Morgan fingerprint density at radius 3 is 2.33 bits per heavy atom. The summed E-state index contributed by atoms with van der Waals surface area (Å²) >= 11 is 5.74. The number of nitrogens with zero attached hydrogens (tertiary/aromatic N) is 1. The van der Waals surface area contributed by atoms with Crippen molar-refractivity contribution in [2.75, 3.05) is 5.32 Å². The number of carbonyl (C=O) groups excluding carboxylic acids is 1. The van der Waals surface area contributed by atoms with Crippen LogP contribution in [0.3, 0.4) is 0 Å². The van der Waals surface area contributed by atoms with E-state index in [-0.39, 0.29) is 22.0 Å². The van der Waals surface area contributed by atoms with Gasteiger partial charge in [0.1, 0.15) is 8.07 Å². The van der Waals surface area contributed by atoms with Gasteiger partial charge < -0.3 is 5.32 Å². The number of non-ortho nitro benzene ring substituents is 1. The fourth-order valence-corrected chi connectivity index (χ4v) is 3.19. The van der Waals surface area contributed by atoms with Crippen LogP contribution in [-0.4, -0.2) is 18.9 Å². The van der Waals surface area contributed by atoms with Gasteiger partial charge in [-0.15, -0.1) is 5.54 Å². The normalized spacial score (nSPS) is 11.5. The van der Waals surface area contributed by atoms with E-state index in [0.717, 1.165) is 24.3 Å². The summed E-state index contributed by atoms with van der Waals surface area (Å²) in [6, 6.07) is 4.98. The molecule has 0 spiro atoms. The van der Waals surface area contributed by atoms with Crippen molar-refractivity contribution in [2.24, 2.45) is 0 Å². The van der Waals surface area contributed by atoms with Crippen molar-refractivity contribution in [3.05, 3.63) is 67.7 Å². The van der Waals surface area contributed by atoms with E-state index in [1.807, 2.05) is 19.6 Å². The Bertz CT molecular complexity index is 1080. The molecule has 158 valence electrons. The molecule has 0 saturated carbocycles. The Labute approximate surface area is 177 Å². The maximum absolute atomic E-state index is 13.0. The summed E-state index contributed by atoms with van der Waals surface area (Å²) in [7, 11) is -1.80. The van der Waals surface area contributed by atoms with Crippen LogP contribution in [0.15, 0.2) is 30.3 Å². The van der Waals surface area contributed by atoms with Crippen LogP contribution in [0.25, 0.3) is 0 Å². The summed E-state index contributed by atoms with van der Waals surface area (Å²) in [5.41, 5.74) is 2.19. The van der Waals surface area contributed by atoms with E-state index in [0.29, 0.717) is 11.1 Å². The van der Waals surface area contributed by atoms with Crippen LogP contribution in [0.4, 0.5) is 24.5 Å². The molecule has 2 aromatic rings. The largest absolute Gasteiger partial charge is 0.416 e. The first kappa shape index (κ1) is 23.4. The lowest BCUT2D eigenvalue weighted by atomic mass is 10.0. The number of carbonyl (C=O) groups is 1. The van der Waals surface area contributed by atoms with Gasteiger partial charge in [-0.2, -0.15) is 13.2 Å². The molecule has 30 heavy (non-hydrogen) atoms. The van der Waals surface area contributed by atoms with Gasteiger partial charge in [-0.25, -0.2) is 0 Å². The zero-order chi connectivity index (χ0) is 22.9. The molecule has 10 heteroatoms. The van der Waals surface area contributed by atoms with Gasteiger partial charge in [0.25, 0.3) is 11.6 Å². The molecule has 0 heterocycles. The van der Waals surface area contributed by atoms with Crippen molar-refractivity contribution in [3.8, 4) is 11.5 Å². The molecule has 5 nitrogen and oxygen atoms in total. The fraction of sp³-hybridized carbons (Fsp3) is 0.250. The molecule has 0 aromatic heterocycles. The number of hydrogen-bond donors (Lipinski definition) is 1. The SMILES string of the molecule is Cc1c(C#C[Si](C)(C)C)cc([N+](=O)[O-])cc1C(=O)Nc1cc(Cl)cc(C(F)(F)F)c1. The summed E-state index contributed by atoms with van der Waals surface area (Å²) < 4.78 is 39.0. The predicted molar refractivity (Wildman–Crippen MR) is 112 cm³/mol. The second-order valence-corrected chi connectivity index (χ2v) is 12.8. The lowest BCUT2D eigenvalue weighted by Crippen LogP contribution is -2.17. The highest BCUT2D eigenvalue weighted by Gasteiger charge is 2.31. The highest BCUT2D eigenvalue weighted by Crippen LogP contribution is 2.33. The molecule has 0 atom stereocenters. The quantitative estimate of drug-likeness (QED) is 0.265. The monoisotopic (exact) mass is 454 g/mol. The van der Waals surface area contributed by atoms with Gasteiger partial charge in [0.05, 0.1) is 16.1 Å². The van der Waals surface area contributed by atoms with E-state index < -0.39 is 30.6 Å². The van der Waals surface area contributed by atoms with E-state index in [1.54, 1.807) is 6.92 Å². The van der Waals surface area contributed by atoms with Crippen molar-refractivity contribution in [1.29, 1.82) is 0 Å². The maximum Gasteiger partial charge on any atom is 0.416 e. The second kappa shape index (κ2) is 8.50. The molecule has 0 bridgehead atoms. The molecular formula is C20H18ClF3N2O3Si. The van der Waals surface area contributed by atoms with E-state index in [9.17, 15) is 28.1 Å². The summed E-state index contributed by atoms with van der Waals surface area (Å²) in [6.07, 6.45) is -4.65. The van der Waals surface area contributed by atoms with Crippen LogP contribution in [0, 0.1) is 28.5 Å². The minimum absolute atomic E-state index is 0.0578. The summed E-state index contributed by atoms with van der Waals surface area (Å²) in [6.45, 7) is 7.57. The van der Waals surface area contributed by atoms with Crippen molar-refractivity contribution in [3.63, 3.8) is 0 Å². The maximum atomic E-state index is 13.0. The predicted octanol–water partition coefficient (Wildman–Crippen LogP) is 6.06. The Hall–Kier alpha value is -2.83.